The van der Waals surface area contributed by atoms with Crippen molar-refractivity contribution in [3.05, 3.63) is 35.6 Å². The lowest BCUT2D eigenvalue weighted by Gasteiger charge is -2.33. The van der Waals surface area contributed by atoms with E-state index in [0.717, 1.165) is 0 Å². The fraction of sp³-hybridized carbons (Fsp3) is 0.400. The predicted octanol–water partition coefficient (Wildman–Crippen LogP) is 1.09. The van der Waals surface area contributed by atoms with Gasteiger partial charge in [-0.25, -0.2) is 4.39 Å². The molecule has 0 aliphatic carbocycles. The molecule has 5 nitrogen and oxygen atoms in total. The van der Waals surface area contributed by atoms with Crippen molar-refractivity contribution in [2.75, 3.05) is 26.2 Å². The summed E-state index contributed by atoms with van der Waals surface area (Å²) in [5.74, 6) is -0.828. The smallest absolute Gasteiger partial charge is 0.242 e. The topological polar surface area (TPSA) is 57.7 Å². The van der Waals surface area contributed by atoms with Gasteiger partial charge in [0.1, 0.15) is 5.82 Å². The standard InChI is InChI=1S/C15H17FN2O3/c1-2-17-9-15(21)18(10-14(17)20)8-7-13(19)11-3-5-12(16)6-4-11/h3-6H,2,7-10H2,1H3. The molecule has 0 aromatic heterocycles. The number of carbonyl (C=O) groups excluding carboxylic acids is 3. The zero-order chi connectivity index (χ0) is 15.4. The first-order valence-corrected chi connectivity index (χ1v) is 6.85. The number of likely N-dealkylation sites (N-methyl/N-ethyl adjacent to an activating group) is 1. The molecule has 112 valence electrons. The molecule has 1 saturated heterocycles. The number of rotatable bonds is 5. The van der Waals surface area contributed by atoms with E-state index in [1.165, 1.54) is 34.1 Å². The Balaban J connectivity index is 1.91. The maximum absolute atomic E-state index is 12.8. The number of halogens is 1. The number of Topliss-reactive ketones (excluding diaryl/α,β-unsaturated/α-hetero) is 1. The Morgan fingerprint density at radius 1 is 1.10 bits per heavy atom. The van der Waals surface area contributed by atoms with Crippen LogP contribution in [0.1, 0.15) is 23.7 Å². The molecule has 2 rings (SSSR count). The van der Waals surface area contributed by atoms with Crippen molar-refractivity contribution in [3.63, 3.8) is 0 Å². The first-order valence-electron chi connectivity index (χ1n) is 6.85. The number of hydrogen-bond donors (Lipinski definition) is 0. The molecule has 0 N–H and O–H groups in total. The maximum atomic E-state index is 12.8. The molecule has 0 saturated carbocycles. The summed E-state index contributed by atoms with van der Waals surface area (Å²) in [5.41, 5.74) is 0.405. The van der Waals surface area contributed by atoms with E-state index in [1.54, 1.807) is 0 Å². The van der Waals surface area contributed by atoms with Crippen LogP contribution in [0, 0.1) is 5.82 Å². The van der Waals surface area contributed by atoms with Crippen LogP contribution >= 0.6 is 0 Å². The Kier molecular flexibility index (Phi) is 4.67. The van der Waals surface area contributed by atoms with Crippen LogP contribution in [0.25, 0.3) is 0 Å². The van der Waals surface area contributed by atoms with Gasteiger partial charge in [-0.1, -0.05) is 0 Å². The third kappa shape index (κ3) is 3.65. The van der Waals surface area contributed by atoms with Crippen molar-refractivity contribution >= 4 is 17.6 Å². The molecule has 1 fully saturated rings. The summed E-state index contributed by atoms with van der Waals surface area (Å²) in [6.45, 7) is 2.62. The largest absolute Gasteiger partial charge is 0.332 e. The molecule has 1 aromatic rings. The van der Waals surface area contributed by atoms with Gasteiger partial charge in [0.05, 0.1) is 13.1 Å². The van der Waals surface area contributed by atoms with E-state index in [9.17, 15) is 18.8 Å². The highest BCUT2D eigenvalue weighted by molar-refractivity contribution is 5.97. The lowest BCUT2D eigenvalue weighted by Crippen LogP contribution is -2.53. The Hall–Kier alpha value is -2.24. The number of amides is 2. The fourth-order valence-corrected chi connectivity index (χ4v) is 2.21. The Bertz CT molecular complexity index is 557. The van der Waals surface area contributed by atoms with E-state index in [0.29, 0.717) is 12.1 Å². The molecule has 0 radical (unpaired) electrons. The number of ketones is 1. The van der Waals surface area contributed by atoms with Crippen LogP contribution in [-0.4, -0.2) is 53.6 Å². The number of nitrogens with zero attached hydrogens (tertiary/aromatic N) is 2. The summed E-state index contributed by atoms with van der Waals surface area (Å²) in [5, 5.41) is 0. The molecule has 1 aliphatic heterocycles. The first-order chi connectivity index (χ1) is 10.0. The van der Waals surface area contributed by atoms with Gasteiger partial charge >= 0.3 is 0 Å². The summed E-state index contributed by atoms with van der Waals surface area (Å²) in [6.07, 6.45) is 0.122. The Morgan fingerprint density at radius 2 is 1.67 bits per heavy atom. The summed E-state index contributed by atoms with van der Waals surface area (Å²) in [7, 11) is 0. The average molecular weight is 292 g/mol. The molecule has 1 heterocycles. The normalized spacial score (nSPS) is 15.5. The maximum Gasteiger partial charge on any atom is 0.242 e. The van der Waals surface area contributed by atoms with Gasteiger partial charge in [-0.3, -0.25) is 14.4 Å². The van der Waals surface area contributed by atoms with Crippen LogP contribution in [0.15, 0.2) is 24.3 Å². The van der Waals surface area contributed by atoms with Crippen molar-refractivity contribution in [2.24, 2.45) is 0 Å². The molecule has 1 aromatic carbocycles. The lowest BCUT2D eigenvalue weighted by molar-refractivity contribution is -0.149. The second-order valence-corrected chi connectivity index (χ2v) is 4.90. The number of benzene rings is 1. The molecule has 0 spiro atoms. The monoisotopic (exact) mass is 292 g/mol. The van der Waals surface area contributed by atoms with E-state index in [2.05, 4.69) is 0 Å². The number of hydrogen-bond acceptors (Lipinski definition) is 3. The third-order valence-corrected chi connectivity index (χ3v) is 3.51. The van der Waals surface area contributed by atoms with Crippen molar-refractivity contribution < 1.29 is 18.8 Å². The summed E-state index contributed by atoms with van der Waals surface area (Å²) >= 11 is 0. The van der Waals surface area contributed by atoms with Crippen molar-refractivity contribution in [1.82, 2.24) is 9.80 Å². The van der Waals surface area contributed by atoms with E-state index in [4.69, 9.17) is 0 Å². The second kappa shape index (κ2) is 6.47. The van der Waals surface area contributed by atoms with Crippen LogP contribution in [0.5, 0.6) is 0 Å². The first kappa shape index (κ1) is 15.2. The SMILES string of the molecule is CCN1CC(=O)N(CCC(=O)c2ccc(F)cc2)CC1=O. The zero-order valence-corrected chi connectivity index (χ0v) is 11.8. The minimum absolute atomic E-state index is 0.0172. The van der Waals surface area contributed by atoms with Crippen LogP contribution in [0.3, 0.4) is 0 Å². The fourth-order valence-electron chi connectivity index (χ4n) is 2.21. The molecular formula is C15H17FN2O3. The number of piperazine rings is 1. The molecule has 2 amide bonds. The van der Waals surface area contributed by atoms with Gasteiger partial charge in [-0.05, 0) is 31.2 Å². The molecule has 0 unspecified atom stereocenters. The second-order valence-electron chi connectivity index (χ2n) is 4.90. The molecule has 6 heteroatoms. The average Bonchev–Trinajstić information content (AvgIpc) is 2.48. The van der Waals surface area contributed by atoms with Gasteiger partial charge in [0.25, 0.3) is 0 Å². The number of carbonyl (C=O) groups is 3. The van der Waals surface area contributed by atoms with E-state index >= 15 is 0 Å². The molecule has 21 heavy (non-hydrogen) atoms. The zero-order valence-electron chi connectivity index (χ0n) is 11.8. The highest BCUT2D eigenvalue weighted by Gasteiger charge is 2.28. The van der Waals surface area contributed by atoms with Gasteiger partial charge in [0.15, 0.2) is 5.78 Å². The van der Waals surface area contributed by atoms with Crippen LogP contribution in [-0.2, 0) is 9.59 Å². The quantitative estimate of drug-likeness (QED) is 0.763. The van der Waals surface area contributed by atoms with Gasteiger partial charge in [0, 0.05) is 25.1 Å². The van der Waals surface area contributed by atoms with Gasteiger partial charge < -0.3 is 9.80 Å². The van der Waals surface area contributed by atoms with Crippen LogP contribution < -0.4 is 0 Å². The minimum atomic E-state index is -0.400. The minimum Gasteiger partial charge on any atom is -0.332 e. The Labute approximate surface area is 122 Å². The third-order valence-electron chi connectivity index (χ3n) is 3.51. The van der Waals surface area contributed by atoms with Crippen molar-refractivity contribution in [3.8, 4) is 0 Å². The molecular weight excluding hydrogens is 275 g/mol. The van der Waals surface area contributed by atoms with E-state index in [-0.39, 0.29) is 43.7 Å². The summed E-state index contributed by atoms with van der Waals surface area (Å²) in [6, 6.07) is 5.28. The predicted molar refractivity (Wildman–Crippen MR) is 74.2 cm³/mol. The van der Waals surface area contributed by atoms with E-state index < -0.39 is 5.82 Å². The van der Waals surface area contributed by atoms with Gasteiger partial charge in [0.2, 0.25) is 11.8 Å². The van der Waals surface area contributed by atoms with E-state index in [1.807, 2.05) is 6.92 Å². The van der Waals surface area contributed by atoms with Gasteiger partial charge in [-0.2, -0.15) is 0 Å². The van der Waals surface area contributed by atoms with Crippen LogP contribution in [0.4, 0.5) is 4.39 Å². The molecule has 0 bridgehead atoms. The highest BCUT2D eigenvalue weighted by Crippen LogP contribution is 2.09. The van der Waals surface area contributed by atoms with Crippen molar-refractivity contribution in [1.29, 1.82) is 0 Å². The summed E-state index contributed by atoms with van der Waals surface area (Å²) in [4.78, 5) is 38.4. The molecule has 0 atom stereocenters. The lowest BCUT2D eigenvalue weighted by atomic mass is 10.1. The van der Waals surface area contributed by atoms with Gasteiger partial charge in [-0.15, -0.1) is 0 Å². The Morgan fingerprint density at radius 3 is 2.29 bits per heavy atom. The van der Waals surface area contributed by atoms with Crippen molar-refractivity contribution in [2.45, 2.75) is 13.3 Å². The molecule has 1 aliphatic rings. The highest BCUT2D eigenvalue weighted by atomic mass is 19.1. The van der Waals surface area contributed by atoms with Crippen LogP contribution in [0.2, 0.25) is 0 Å². The summed E-state index contributed by atoms with van der Waals surface area (Å²) < 4.78 is 12.8.